The van der Waals surface area contributed by atoms with Gasteiger partial charge in [-0.1, -0.05) is 36.5 Å². The van der Waals surface area contributed by atoms with Crippen LogP contribution in [-0.2, 0) is 13.0 Å². The molecule has 0 aliphatic carbocycles. The number of unbranched alkanes of at least 4 members (excludes halogenated alkanes) is 1. The second-order valence-electron chi connectivity index (χ2n) is 4.42. The fourth-order valence-corrected chi connectivity index (χ4v) is 2.12. The van der Waals surface area contributed by atoms with E-state index in [0.29, 0.717) is 11.7 Å². The van der Waals surface area contributed by atoms with Crippen molar-refractivity contribution in [3.05, 3.63) is 46.0 Å². The highest BCUT2D eigenvalue weighted by Crippen LogP contribution is 2.17. The van der Waals surface area contributed by atoms with Gasteiger partial charge in [0, 0.05) is 17.1 Å². The largest absolute Gasteiger partial charge is 0.379 e. The maximum Gasteiger partial charge on any atom is 0.152 e. The van der Waals surface area contributed by atoms with Crippen LogP contribution in [0.1, 0.15) is 31.3 Å². The molecule has 1 aromatic heterocycles. The molecule has 0 saturated carbocycles. The smallest absolute Gasteiger partial charge is 0.152 e. The number of hydrogen-bond acceptors (Lipinski definition) is 2. The summed E-state index contributed by atoms with van der Waals surface area (Å²) >= 11 is 12.0. The van der Waals surface area contributed by atoms with Gasteiger partial charge in [-0.05, 0) is 30.7 Å². The van der Waals surface area contributed by atoms with Crippen molar-refractivity contribution >= 4 is 28.9 Å². The lowest BCUT2D eigenvalue weighted by molar-refractivity contribution is 0.760. The molecule has 2 rings (SSSR count). The first-order valence-corrected chi connectivity index (χ1v) is 7.17. The molecule has 0 bridgehead atoms. The van der Waals surface area contributed by atoms with Crippen LogP contribution in [0, 0.1) is 0 Å². The van der Waals surface area contributed by atoms with Crippen molar-refractivity contribution in [3.63, 3.8) is 0 Å². The summed E-state index contributed by atoms with van der Waals surface area (Å²) in [6, 6.07) is 7.57. The molecule has 1 heterocycles. The zero-order valence-electron chi connectivity index (χ0n) is 10.8. The molecule has 0 unspecified atom stereocenters. The number of rotatable bonds is 6. The van der Waals surface area contributed by atoms with Gasteiger partial charge in [0.05, 0.1) is 12.2 Å². The Labute approximate surface area is 123 Å². The normalized spacial score (nSPS) is 10.7. The van der Waals surface area contributed by atoms with Gasteiger partial charge < -0.3 is 10.3 Å². The van der Waals surface area contributed by atoms with E-state index >= 15 is 0 Å². The highest BCUT2D eigenvalue weighted by atomic mass is 35.5. The SMILES string of the molecule is CCCCc1nc(Cl)c(CNc2ccc(Cl)cc2)[nH]1. The predicted octanol–water partition coefficient (Wildman–Crippen LogP) is 4.67. The molecule has 0 amide bonds. The summed E-state index contributed by atoms with van der Waals surface area (Å²) in [5, 5.41) is 4.56. The molecule has 0 fully saturated rings. The van der Waals surface area contributed by atoms with E-state index in [-0.39, 0.29) is 0 Å². The number of imidazole rings is 1. The van der Waals surface area contributed by atoms with Gasteiger partial charge in [0.2, 0.25) is 0 Å². The Balaban J connectivity index is 1.95. The first-order chi connectivity index (χ1) is 9.19. The minimum Gasteiger partial charge on any atom is -0.379 e. The first kappa shape index (κ1) is 14.2. The van der Waals surface area contributed by atoms with E-state index in [0.717, 1.165) is 41.5 Å². The van der Waals surface area contributed by atoms with Gasteiger partial charge in [0.15, 0.2) is 5.15 Å². The summed E-state index contributed by atoms with van der Waals surface area (Å²) < 4.78 is 0. The summed E-state index contributed by atoms with van der Waals surface area (Å²) in [6.07, 6.45) is 3.21. The summed E-state index contributed by atoms with van der Waals surface area (Å²) in [7, 11) is 0. The maximum absolute atomic E-state index is 6.11. The summed E-state index contributed by atoms with van der Waals surface area (Å²) in [6.45, 7) is 2.78. The van der Waals surface area contributed by atoms with Crippen molar-refractivity contribution in [3.8, 4) is 0 Å². The Morgan fingerprint density at radius 2 is 1.95 bits per heavy atom. The van der Waals surface area contributed by atoms with Crippen molar-refractivity contribution in [2.45, 2.75) is 32.7 Å². The third-order valence-electron chi connectivity index (χ3n) is 2.86. The number of H-pyrrole nitrogens is 1. The van der Waals surface area contributed by atoms with Gasteiger partial charge in [0.1, 0.15) is 5.82 Å². The number of aromatic nitrogens is 2. The van der Waals surface area contributed by atoms with E-state index < -0.39 is 0 Å². The van der Waals surface area contributed by atoms with Gasteiger partial charge in [-0.25, -0.2) is 4.98 Å². The Bertz CT molecular complexity index is 520. The average molecular weight is 298 g/mol. The third kappa shape index (κ3) is 4.15. The Kier molecular flexibility index (Phi) is 5.11. The van der Waals surface area contributed by atoms with Gasteiger partial charge in [-0.15, -0.1) is 0 Å². The number of halogens is 2. The lowest BCUT2D eigenvalue weighted by Crippen LogP contribution is -2.00. The van der Waals surface area contributed by atoms with Crippen LogP contribution in [-0.4, -0.2) is 9.97 Å². The maximum atomic E-state index is 6.11. The molecule has 0 aliphatic rings. The Morgan fingerprint density at radius 1 is 1.21 bits per heavy atom. The molecular formula is C14H17Cl2N3. The molecule has 0 atom stereocenters. The van der Waals surface area contributed by atoms with Gasteiger partial charge in [-0.3, -0.25) is 0 Å². The molecule has 2 N–H and O–H groups in total. The second kappa shape index (κ2) is 6.83. The first-order valence-electron chi connectivity index (χ1n) is 6.41. The number of nitrogens with one attached hydrogen (secondary N) is 2. The molecule has 102 valence electrons. The van der Waals surface area contributed by atoms with Crippen LogP contribution in [0.2, 0.25) is 10.2 Å². The van der Waals surface area contributed by atoms with Crippen molar-refractivity contribution in [2.24, 2.45) is 0 Å². The summed E-state index contributed by atoms with van der Waals surface area (Å²) in [4.78, 5) is 7.59. The van der Waals surface area contributed by atoms with E-state index in [1.54, 1.807) is 0 Å². The number of aromatic amines is 1. The highest BCUT2D eigenvalue weighted by molar-refractivity contribution is 6.30. The third-order valence-corrected chi connectivity index (χ3v) is 3.42. The van der Waals surface area contributed by atoms with E-state index in [1.165, 1.54) is 0 Å². The Morgan fingerprint density at radius 3 is 2.63 bits per heavy atom. The van der Waals surface area contributed by atoms with Crippen LogP contribution in [0.4, 0.5) is 5.69 Å². The molecule has 0 spiro atoms. The molecule has 19 heavy (non-hydrogen) atoms. The molecule has 3 nitrogen and oxygen atoms in total. The molecule has 2 aromatic rings. The molecule has 0 saturated heterocycles. The number of nitrogens with zero attached hydrogens (tertiary/aromatic N) is 1. The fourth-order valence-electron chi connectivity index (χ4n) is 1.78. The average Bonchev–Trinajstić information content (AvgIpc) is 2.76. The lowest BCUT2D eigenvalue weighted by Gasteiger charge is -2.05. The molecule has 0 radical (unpaired) electrons. The number of benzene rings is 1. The van der Waals surface area contributed by atoms with Crippen molar-refractivity contribution in [2.75, 3.05) is 5.32 Å². The standard InChI is InChI=1S/C14H17Cl2N3/c1-2-3-4-13-18-12(14(16)19-13)9-17-11-7-5-10(15)6-8-11/h5-8,17H,2-4,9H2,1H3,(H,18,19). The van der Waals surface area contributed by atoms with Crippen LogP contribution in [0.25, 0.3) is 0 Å². The van der Waals surface area contributed by atoms with E-state index in [2.05, 4.69) is 22.2 Å². The quantitative estimate of drug-likeness (QED) is 0.813. The van der Waals surface area contributed by atoms with E-state index in [9.17, 15) is 0 Å². The zero-order chi connectivity index (χ0) is 13.7. The van der Waals surface area contributed by atoms with Crippen LogP contribution in [0.5, 0.6) is 0 Å². The Hall–Kier alpha value is -1.19. The minimum absolute atomic E-state index is 0.549. The fraction of sp³-hybridized carbons (Fsp3) is 0.357. The summed E-state index contributed by atoms with van der Waals surface area (Å²) in [5.74, 6) is 0.958. The van der Waals surface area contributed by atoms with Gasteiger partial charge in [0.25, 0.3) is 0 Å². The van der Waals surface area contributed by atoms with Crippen LogP contribution in [0.15, 0.2) is 24.3 Å². The van der Waals surface area contributed by atoms with Gasteiger partial charge in [-0.2, -0.15) is 0 Å². The van der Waals surface area contributed by atoms with Gasteiger partial charge >= 0.3 is 0 Å². The van der Waals surface area contributed by atoms with Crippen molar-refractivity contribution < 1.29 is 0 Å². The molecular weight excluding hydrogens is 281 g/mol. The van der Waals surface area contributed by atoms with Crippen LogP contribution in [0.3, 0.4) is 0 Å². The lowest BCUT2D eigenvalue weighted by atomic mass is 10.2. The predicted molar refractivity (Wildman–Crippen MR) is 81.0 cm³/mol. The van der Waals surface area contributed by atoms with Crippen molar-refractivity contribution in [1.29, 1.82) is 0 Å². The topological polar surface area (TPSA) is 40.7 Å². The zero-order valence-corrected chi connectivity index (χ0v) is 12.4. The van der Waals surface area contributed by atoms with E-state index in [4.69, 9.17) is 23.2 Å². The van der Waals surface area contributed by atoms with E-state index in [1.807, 2.05) is 24.3 Å². The van der Waals surface area contributed by atoms with Crippen LogP contribution < -0.4 is 5.32 Å². The summed E-state index contributed by atoms with van der Waals surface area (Å²) in [5.41, 5.74) is 1.92. The highest BCUT2D eigenvalue weighted by Gasteiger charge is 2.07. The molecule has 0 aliphatic heterocycles. The molecule has 5 heteroatoms. The molecule has 1 aromatic carbocycles. The number of hydrogen-bond donors (Lipinski definition) is 2. The number of aryl methyl sites for hydroxylation is 1. The van der Waals surface area contributed by atoms with Crippen LogP contribution >= 0.6 is 23.2 Å². The van der Waals surface area contributed by atoms with Crippen molar-refractivity contribution in [1.82, 2.24) is 9.97 Å². The second-order valence-corrected chi connectivity index (χ2v) is 5.21. The monoisotopic (exact) mass is 297 g/mol. The number of anilines is 1. The minimum atomic E-state index is 0.549.